The maximum atomic E-state index is 11.5. The molecule has 2 aromatic heterocycles. The van der Waals surface area contributed by atoms with Crippen LogP contribution in [0.4, 0.5) is 5.82 Å². The van der Waals surface area contributed by atoms with E-state index in [1.54, 1.807) is 17.8 Å². The van der Waals surface area contributed by atoms with Gasteiger partial charge in [-0.2, -0.15) is 0 Å². The van der Waals surface area contributed by atoms with Gasteiger partial charge in [0, 0.05) is 6.54 Å². The van der Waals surface area contributed by atoms with Crippen LogP contribution in [0.1, 0.15) is 29.1 Å². The largest absolute Gasteiger partial charge is 0.464 e. The number of aromatic nitrogens is 5. The third-order valence-corrected chi connectivity index (χ3v) is 2.91. The lowest BCUT2D eigenvalue weighted by atomic mass is 10.4. The van der Waals surface area contributed by atoms with Gasteiger partial charge in [0.05, 0.1) is 13.7 Å². The molecule has 0 spiro atoms. The quantitative estimate of drug-likeness (QED) is 0.793. The molecular formula is C11H16N6O2. The predicted octanol–water partition coefficient (Wildman–Crippen LogP) is 0.220. The molecule has 0 saturated carbocycles. The molecule has 0 aliphatic carbocycles. The fraction of sp³-hybridized carbons (Fsp3) is 0.455. The van der Waals surface area contributed by atoms with E-state index in [-0.39, 0.29) is 11.5 Å². The molecule has 102 valence electrons. The number of rotatable bonds is 4. The van der Waals surface area contributed by atoms with Gasteiger partial charge < -0.3 is 19.6 Å². The summed E-state index contributed by atoms with van der Waals surface area (Å²) in [5, 5.41) is 7.88. The van der Waals surface area contributed by atoms with E-state index in [9.17, 15) is 4.79 Å². The molecule has 19 heavy (non-hydrogen) atoms. The summed E-state index contributed by atoms with van der Waals surface area (Å²) >= 11 is 0. The lowest BCUT2D eigenvalue weighted by Gasteiger charge is -2.08. The summed E-state index contributed by atoms with van der Waals surface area (Å²) in [5.41, 5.74) is 6.06. The van der Waals surface area contributed by atoms with Crippen molar-refractivity contribution >= 4 is 11.8 Å². The van der Waals surface area contributed by atoms with Crippen molar-refractivity contribution in [1.29, 1.82) is 0 Å². The highest BCUT2D eigenvalue weighted by atomic mass is 16.5. The van der Waals surface area contributed by atoms with Crippen molar-refractivity contribution < 1.29 is 9.53 Å². The van der Waals surface area contributed by atoms with E-state index in [0.717, 1.165) is 12.4 Å². The van der Waals surface area contributed by atoms with Gasteiger partial charge >= 0.3 is 5.97 Å². The lowest BCUT2D eigenvalue weighted by Crippen LogP contribution is -2.12. The van der Waals surface area contributed by atoms with Gasteiger partial charge in [0.2, 0.25) is 0 Å². The summed E-state index contributed by atoms with van der Waals surface area (Å²) in [5.74, 6) is 1.11. The average Bonchev–Trinajstić information content (AvgIpc) is 2.97. The Kier molecular flexibility index (Phi) is 3.50. The molecule has 0 saturated heterocycles. The maximum absolute atomic E-state index is 11.5. The molecule has 2 heterocycles. The van der Waals surface area contributed by atoms with Gasteiger partial charge in [-0.1, -0.05) is 0 Å². The van der Waals surface area contributed by atoms with Gasteiger partial charge in [-0.3, -0.25) is 0 Å². The van der Waals surface area contributed by atoms with Crippen LogP contribution in [0, 0.1) is 6.92 Å². The highest BCUT2D eigenvalue weighted by Gasteiger charge is 2.20. The van der Waals surface area contributed by atoms with Crippen LogP contribution >= 0.6 is 0 Å². The van der Waals surface area contributed by atoms with Crippen LogP contribution in [-0.2, 0) is 17.8 Å². The summed E-state index contributed by atoms with van der Waals surface area (Å²) < 4.78 is 8.25. The average molecular weight is 264 g/mol. The maximum Gasteiger partial charge on any atom is 0.360 e. The molecule has 8 heteroatoms. The Hall–Kier alpha value is -2.38. The Bertz CT molecular complexity index is 600. The monoisotopic (exact) mass is 264 g/mol. The van der Waals surface area contributed by atoms with E-state index in [2.05, 4.69) is 19.9 Å². The molecule has 0 bridgehead atoms. The van der Waals surface area contributed by atoms with E-state index in [0.29, 0.717) is 12.4 Å². The Morgan fingerprint density at radius 3 is 2.89 bits per heavy atom. The Morgan fingerprint density at radius 2 is 2.26 bits per heavy atom. The third kappa shape index (κ3) is 2.28. The van der Waals surface area contributed by atoms with Crippen LogP contribution in [0.15, 0.2) is 6.33 Å². The number of carbonyl (C=O) groups excluding carboxylic acids is 1. The highest BCUT2D eigenvalue weighted by Crippen LogP contribution is 2.16. The van der Waals surface area contributed by atoms with E-state index in [1.165, 1.54) is 7.11 Å². The summed E-state index contributed by atoms with van der Waals surface area (Å²) in [6.45, 7) is 4.95. The third-order valence-electron chi connectivity index (χ3n) is 2.91. The summed E-state index contributed by atoms with van der Waals surface area (Å²) in [6.07, 6.45) is 1.65. The van der Waals surface area contributed by atoms with E-state index < -0.39 is 5.97 Å². The van der Waals surface area contributed by atoms with Crippen LogP contribution in [0.3, 0.4) is 0 Å². The number of nitrogen functional groups attached to an aromatic ring is 1. The number of methoxy groups -OCH3 is 1. The second-order valence-corrected chi connectivity index (χ2v) is 4.00. The molecule has 2 aromatic rings. The van der Waals surface area contributed by atoms with Crippen molar-refractivity contribution in [2.24, 2.45) is 0 Å². The number of nitrogens with zero attached hydrogens (tertiary/aromatic N) is 5. The molecule has 0 amide bonds. The van der Waals surface area contributed by atoms with Gasteiger partial charge in [-0.15, -0.1) is 10.2 Å². The number of imidazole rings is 1. The SMILES string of the molecule is CCn1cnnc1Cn1c(C)nc(C(=O)OC)c1N. The highest BCUT2D eigenvalue weighted by molar-refractivity contribution is 5.92. The molecule has 0 aromatic carbocycles. The lowest BCUT2D eigenvalue weighted by molar-refractivity contribution is 0.0595. The fourth-order valence-corrected chi connectivity index (χ4v) is 1.83. The minimum Gasteiger partial charge on any atom is -0.464 e. The first kappa shape index (κ1) is 13.1. The number of carbonyl (C=O) groups is 1. The van der Waals surface area contributed by atoms with Crippen molar-refractivity contribution in [2.45, 2.75) is 26.9 Å². The van der Waals surface area contributed by atoms with Crippen molar-refractivity contribution in [3.63, 3.8) is 0 Å². The number of anilines is 1. The second-order valence-electron chi connectivity index (χ2n) is 4.00. The number of hydrogen-bond acceptors (Lipinski definition) is 6. The molecule has 0 fully saturated rings. The van der Waals surface area contributed by atoms with Crippen LogP contribution in [0.2, 0.25) is 0 Å². The van der Waals surface area contributed by atoms with Crippen molar-refractivity contribution in [3.05, 3.63) is 23.7 Å². The van der Waals surface area contributed by atoms with Crippen molar-refractivity contribution in [2.75, 3.05) is 12.8 Å². The molecule has 8 nitrogen and oxygen atoms in total. The van der Waals surface area contributed by atoms with Gasteiger partial charge in [0.15, 0.2) is 11.5 Å². The Labute approximate surface area is 110 Å². The van der Waals surface area contributed by atoms with Gasteiger partial charge in [-0.05, 0) is 13.8 Å². The zero-order valence-corrected chi connectivity index (χ0v) is 11.1. The first-order valence-electron chi connectivity index (χ1n) is 5.86. The first-order valence-corrected chi connectivity index (χ1v) is 5.86. The van der Waals surface area contributed by atoms with Gasteiger partial charge in [0.25, 0.3) is 0 Å². The van der Waals surface area contributed by atoms with E-state index in [1.807, 2.05) is 11.5 Å². The second kappa shape index (κ2) is 5.09. The summed E-state index contributed by atoms with van der Waals surface area (Å²) in [6, 6.07) is 0. The molecule has 0 aliphatic rings. The minimum absolute atomic E-state index is 0.127. The van der Waals surface area contributed by atoms with Gasteiger partial charge in [-0.25, -0.2) is 9.78 Å². The Morgan fingerprint density at radius 1 is 1.53 bits per heavy atom. The number of ether oxygens (including phenoxy) is 1. The number of aryl methyl sites for hydroxylation is 2. The van der Waals surface area contributed by atoms with Gasteiger partial charge in [0.1, 0.15) is 18.0 Å². The zero-order valence-electron chi connectivity index (χ0n) is 11.1. The predicted molar refractivity (Wildman–Crippen MR) is 67.5 cm³/mol. The number of nitrogens with two attached hydrogens (primary N) is 1. The van der Waals surface area contributed by atoms with E-state index >= 15 is 0 Å². The van der Waals surface area contributed by atoms with Crippen molar-refractivity contribution in [3.8, 4) is 0 Å². The summed E-state index contributed by atoms with van der Waals surface area (Å²) in [4.78, 5) is 15.6. The molecule has 0 radical (unpaired) electrons. The zero-order chi connectivity index (χ0) is 14.0. The van der Waals surface area contributed by atoms with E-state index in [4.69, 9.17) is 5.73 Å². The smallest absolute Gasteiger partial charge is 0.360 e. The minimum atomic E-state index is -0.545. The molecule has 2 rings (SSSR count). The standard InChI is InChI=1S/C11H16N6O2/c1-4-16-6-13-15-8(16)5-17-7(2)14-9(10(17)12)11(18)19-3/h6H,4-5,12H2,1-3H3. The molecular weight excluding hydrogens is 248 g/mol. The van der Waals surface area contributed by atoms with Crippen LogP contribution in [-0.4, -0.2) is 37.4 Å². The first-order chi connectivity index (χ1) is 9.08. The fourth-order valence-electron chi connectivity index (χ4n) is 1.83. The molecule has 0 aliphatic heterocycles. The topological polar surface area (TPSA) is 101 Å². The number of hydrogen-bond donors (Lipinski definition) is 1. The van der Waals surface area contributed by atoms with Crippen LogP contribution in [0.25, 0.3) is 0 Å². The van der Waals surface area contributed by atoms with Crippen molar-refractivity contribution in [1.82, 2.24) is 24.3 Å². The molecule has 2 N–H and O–H groups in total. The normalized spacial score (nSPS) is 10.7. The number of esters is 1. The van der Waals surface area contributed by atoms with Crippen LogP contribution < -0.4 is 5.73 Å². The van der Waals surface area contributed by atoms with Crippen LogP contribution in [0.5, 0.6) is 0 Å². The molecule has 0 atom stereocenters. The Balaban J connectivity index is 2.36. The summed E-state index contributed by atoms with van der Waals surface area (Å²) in [7, 11) is 1.30. The molecule has 0 unspecified atom stereocenters.